The molecule has 0 saturated carbocycles. The highest BCUT2D eigenvalue weighted by atomic mass is 35.5. The summed E-state index contributed by atoms with van der Waals surface area (Å²) in [5, 5.41) is 0. The zero-order valence-electron chi connectivity index (χ0n) is 10.8. The fraction of sp³-hybridized carbons (Fsp3) is 0.429. The van der Waals surface area contributed by atoms with Gasteiger partial charge in [0.25, 0.3) is 0 Å². The molecule has 1 aromatic carbocycles. The lowest BCUT2D eigenvalue weighted by atomic mass is 10.0. The molecule has 1 atom stereocenters. The van der Waals surface area contributed by atoms with E-state index in [4.69, 9.17) is 11.6 Å². The van der Waals surface area contributed by atoms with Crippen molar-refractivity contribution in [3.63, 3.8) is 0 Å². The molecule has 1 aliphatic heterocycles. The molecule has 1 aliphatic rings. The number of hydrogen-bond donors (Lipinski definition) is 0. The second-order valence-corrected chi connectivity index (χ2v) is 5.18. The van der Waals surface area contributed by atoms with E-state index in [1.54, 1.807) is 0 Å². The predicted octanol–water partition coefficient (Wildman–Crippen LogP) is 2.73. The standard InChI is InChI=1S/C14H16ClNO2/c1-8-4-9(2)13(10(3)5-8)16-12(17)6-11(7-15)14(16)18/h4-5,11H,6-7H2,1-3H3. The number of carbonyl (C=O) groups is 2. The first kappa shape index (κ1) is 13.1. The number of alkyl halides is 1. The number of nitrogens with zero attached hydrogens (tertiary/aromatic N) is 1. The number of hydrogen-bond acceptors (Lipinski definition) is 2. The molecular weight excluding hydrogens is 250 g/mol. The van der Waals surface area contributed by atoms with Gasteiger partial charge in [0, 0.05) is 12.3 Å². The maximum atomic E-state index is 12.2. The maximum Gasteiger partial charge on any atom is 0.238 e. The van der Waals surface area contributed by atoms with E-state index in [2.05, 4.69) is 0 Å². The van der Waals surface area contributed by atoms with Crippen molar-refractivity contribution < 1.29 is 9.59 Å². The van der Waals surface area contributed by atoms with Crippen LogP contribution >= 0.6 is 11.6 Å². The molecule has 96 valence electrons. The van der Waals surface area contributed by atoms with Crippen LogP contribution in [0.1, 0.15) is 23.1 Å². The smallest absolute Gasteiger partial charge is 0.238 e. The van der Waals surface area contributed by atoms with E-state index in [-0.39, 0.29) is 30.0 Å². The summed E-state index contributed by atoms with van der Waals surface area (Å²) in [6.07, 6.45) is 0.217. The fourth-order valence-electron chi connectivity index (χ4n) is 2.58. The molecule has 0 radical (unpaired) electrons. The molecule has 1 saturated heterocycles. The van der Waals surface area contributed by atoms with Gasteiger partial charge in [0.05, 0.1) is 11.6 Å². The number of halogens is 1. The van der Waals surface area contributed by atoms with E-state index in [1.807, 2.05) is 32.9 Å². The van der Waals surface area contributed by atoms with Crippen LogP contribution in [0.25, 0.3) is 0 Å². The van der Waals surface area contributed by atoms with E-state index in [1.165, 1.54) is 4.90 Å². The Balaban J connectivity index is 2.50. The number of rotatable bonds is 2. The van der Waals surface area contributed by atoms with E-state index in [9.17, 15) is 9.59 Å². The van der Waals surface area contributed by atoms with E-state index < -0.39 is 0 Å². The molecule has 18 heavy (non-hydrogen) atoms. The number of aryl methyl sites for hydroxylation is 3. The zero-order chi connectivity index (χ0) is 13.4. The minimum atomic E-state index is -0.376. The van der Waals surface area contributed by atoms with Crippen LogP contribution in [-0.2, 0) is 9.59 Å². The average Bonchev–Trinajstić information content (AvgIpc) is 2.55. The number of benzene rings is 1. The Morgan fingerprint density at radius 3 is 2.22 bits per heavy atom. The highest BCUT2D eigenvalue weighted by Crippen LogP contribution is 2.32. The summed E-state index contributed by atoms with van der Waals surface area (Å²) < 4.78 is 0. The Bertz CT molecular complexity index is 502. The predicted molar refractivity (Wildman–Crippen MR) is 72.0 cm³/mol. The average molecular weight is 266 g/mol. The molecular formula is C14H16ClNO2. The zero-order valence-corrected chi connectivity index (χ0v) is 11.5. The minimum Gasteiger partial charge on any atom is -0.274 e. The molecule has 2 rings (SSSR count). The van der Waals surface area contributed by atoms with E-state index >= 15 is 0 Å². The summed E-state index contributed by atoms with van der Waals surface area (Å²) in [5.74, 6) is -0.504. The van der Waals surface area contributed by atoms with Crippen molar-refractivity contribution in [2.75, 3.05) is 10.8 Å². The van der Waals surface area contributed by atoms with Gasteiger partial charge in [0.1, 0.15) is 0 Å². The lowest BCUT2D eigenvalue weighted by Crippen LogP contribution is -2.32. The van der Waals surface area contributed by atoms with E-state index in [0.717, 1.165) is 22.4 Å². The van der Waals surface area contributed by atoms with Gasteiger partial charge >= 0.3 is 0 Å². The number of anilines is 1. The molecule has 0 aliphatic carbocycles. The van der Waals surface area contributed by atoms with Gasteiger partial charge in [-0.25, -0.2) is 4.90 Å². The Morgan fingerprint density at radius 1 is 1.22 bits per heavy atom. The van der Waals surface area contributed by atoms with Crippen molar-refractivity contribution in [1.82, 2.24) is 0 Å². The Labute approximate surface area is 112 Å². The van der Waals surface area contributed by atoms with Crippen LogP contribution in [0.4, 0.5) is 5.69 Å². The van der Waals surface area contributed by atoms with Crippen molar-refractivity contribution in [1.29, 1.82) is 0 Å². The molecule has 0 spiro atoms. The third-order valence-corrected chi connectivity index (χ3v) is 3.66. The van der Waals surface area contributed by atoms with Crippen molar-refractivity contribution in [2.45, 2.75) is 27.2 Å². The fourth-order valence-corrected chi connectivity index (χ4v) is 2.82. The topological polar surface area (TPSA) is 37.4 Å². The highest BCUT2D eigenvalue weighted by Gasteiger charge is 2.39. The first-order chi connectivity index (χ1) is 8.45. The molecule has 1 aromatic rings. The lowest BCUT2D eigenvalue weighted by Gasteiger charge is -2.20. The minimum absolute atomic E-state index is 0.152. The molecule has 1 unspecified atom stereocenters. The van der Waals surface area contributed by atoms with Crippen LogP contribution in [0.3, 0.4) is 0 Å². The van der Waals surface area contributed by atoms with Crippen LogP contribution in [0.15, 0.2) is 12.1 Å². The van der Waals surface area contributed by atoms with Gasteiger partial charge in [0.15, 0.2) is 0 Å². The summed E-state index contributed by atoms with van der Waals surface area (Å²) in [5.41, 5.74) is 3.75. The first-order valence-electron chi connectivity index (χ1n) is 5.96. The Morgan fingerprint density at radius 2 is 1.78 bits per heavy atom. The Kier molecular flexibility index (Phi) is 3.44. The van der Waals surface area contributed by atoms with Gasteiger partial charge in [-0.3, -0.25) is 9.59 Å². The summed E-state index contributed by atoms with van der Waals surface area (Å²) in [6, 6.07) is 3.97. The van der Waals surface area contributed by atoms with Crippen molar-refractivity contribution in [3.8, 4) is 0 Å². The molecule has 1 heterocycles. The van der Waals surface area contributed by atoms with Gasteiger partial charge in [-0.05, 0) is 31.9 Å². The van der Waals surface area contributed by atoms with Gasteiger partial charge in [-0.1, -0.05) is 17.7 Å². The van der Waals surface area contributed by atoms with Gasteiger partial charge < -0.3 is 0 Å². The third kappa shape index (κ3) is 2.03. The highest BCUT2D eigenvalue weighted by molar-refractivity contribution is 6.26. The lowest BCUT2D eigenvalue weighted by molar-refractivity contribution is -0.122. The monoisotopic (exact) mass is 265 g/mol. The largest absolute Gasteiger partial charge is 0.274 e. The molecule has 0 bridgehead atoms. The van der Waals surface area contributed by atoms with Crippen LogP contribution < -0.4 is 4.90 Å². The number of imide groups is 1. The van der Waals surface area contributed by atoms with Crippen molar-refractivity contribution in [3.05, 3.63) is 28.8 Å². The molecule has 0 aromatic heterocycles. The molecule has 3 nitrogen and oxygen atoms in total. The molecule has 4 heteroatoms. The normalized spacial score (nSPS) is 19.8. The maximum absolute atomic E-state index is 12.2. The summed E-state index contributed by atoms with van der Waals surface area (Å²) in [7, 11) is 0. The van der Waals surface area contributed by atoms with Crippen LogP contribution in [-0.4, -0.2) is 17.7 Å². The summed E-state index contributed by atoms with van der Waals surface area (Å²) in [6.45, 7) is 5.84. The number of amides is 2. The third-order valence-electron chi connectivity index (χ3n) is 3.29. The molecule has 1 fully saturated rings. The second-order valence-electron chi connectivity index (χ2n) is 4.87. The summed E-state index contributed by atoms with van der Waals surface area (Å²) in [4.78, 5) is 25.5. The van der Waals surface area contributed by atoms with Gasteiger partial charge in [-0.2, -0.15) is 0 Å². The quantitative estimate of drug-likeness (QED) is 0.609. The van der Waals surface area contributed by atoms with Crippen LogP contribution in [0.2, 0.25) is 0 Å². The van der Waals surface area contributed by atoms with Crippen molar-refractivity contribution >= 4 is 29.1 Å². The first-order valence-corrected chi connectivity index (χ1v) is 6.49. The Hall–Kier alpha value is -1.35. The van der Waals surface area contributed by atoms with E-state index in [0.29, 0.717) is 0 Å². The van der Waals surface area contributed by atoms with Crippen molar-refractivity contribution in [2.24, 2.45) is 5.92 Å². The summed E-state index contributed by atoms with van der Waals surface area (Å²) >= 11 is 5.73. The van der Waals surface area contributed by atoms with Crippen LogP contribution in [0, 0.1) is 26.7 Å². The van der Waals surface area contributed by atoms with Crippen LogP contribution in [0.5, 0.6) is 0 Å². The SMILES string of the molecule is Cc1cc(C)c(N2C(=O)CC(CCl)C2=O)c(C)c1. The number of carbonyl (C=O) groups excluding carboxylic acids is 2. The molecule has 0 N–H and O–H groups in total. The van der Waals surface area contributed by atoms with Gasteiger partial charge in [0.2, 0.25) is 11.8 Å². The second kappa shape index (κ2) is 4.73. The molecule has 2 amide bonds. The van der Waals surface area contributed by atoms with Gasteiger partial charge in [-0.15, -0.1) is 11.6 Å².